The standard InChI is InChI=1S/C10H22O2.HI/c11-9-7-5-3-1-2-4-6-8-10-12;/h11-12H,1-10H2;1H. The van der Waals surface area contributed by atoms with Gasteiger partial charge in [0.1, 0.15) is 0 Å². The van der Waals surface area contributed by atoms with Crippen molar-refractivity contribution < 1.29 is 10.2 Å². The quantitative estimate of drug-likeness (QED) is 0.508. The average molecular weight is 302 g/mol. The van der Waals surface area contributed by atoms with Gasteiger partial charge >= 0.3 is 0 Å². The number of unbranched alkanes of at least 4 members (excludes halogenated alkanes) is 7. The van der Waals surface area contributed by atoms with E-state index < -0.39 is 0 Å². The Balaban J connectivity index is 0. The highest BCUT2D eigenvalue weighted by atomic mass is 127. The van der Waals surface area contributed by atoms with Crippen LogP contribution in [0.2, 0.25) is 0 Å². The molecule has 0 aromatic heterocycles. The van der Waals surface area contributed by atoms with E-state index in [1.54, 1.807) is 0 Å². The lowest BCUT2D eigenvalue weighted by Crippen LogP contribution is -1.85. The molecule has 0 aromatic rings. The van der Waals surface area contributed by atoms with Crippen molar-refractivity contribution in [3.05, 3.63) is 0 Å². The van der Waals surface area contributed by atoms with E-state index in [0.717, 1.165) is 25.7 Å². The van der Waals surface area contributed by atoms with Gasteiger partial charge in [0.2, 0.25) is 0 Å². The van der Waals surface area contributed by atoms with Crippen molar-refractivity contribution in [3.63, 3.8) is 0 Å². The maximum atomic E-state index is 8.51. The van der Waals surface area contributed by atoms with Gasteiger partial charge in [0.05, 0.1) is 0 Å². The van der Waals surface area contributed by atoms with Crippen molar-refractivity contribution in [2.75, 3.05) is 13.2 Å². The van der Waals surface area contributed by atoms with Crippen molar-refractivity contribution in [3.8, 4) is 0 Å². The second kappa shape index (κ2) is 15.1. The van der Waals surface area contributed by atoms with Gasteiger partial charge in [-0.15, -0.1) is 24.0 Å². The molecule has 3 heteroatoms. The normalized spacial score (nSPS) is 9.69. The van der Waals surface area contributed by atoms with Crippen molar-refractivity contribution in [1.82, 2.24) is 0 Å². The van der Waals surface area contributed by atoms with Gasteiger partial charge in [-0.3, -0.25) is 0 Å². The highest BCUT2D eigenvalue weighted by Gasteiger charge is 1.90. The Bertz CT molecular complexity index is 69.3. The van der Waals surface area contributed by atoms with Gasteiger partial charge in [-0.1, -0.05) is 38.5 Å². The average Bonchev–Trinajstić information content (AvgIpc) is 2.10. The van der Waals surface area contributed by atoms with Crippen molar-refractivity contribution >= 4 is 24.0 Å². The third kappa shape index (κ3) is 15.4. The molecule has 2 N–H and O–H groups in total. The number of aliphatic hydroxyl groups excluding tert-OH is 2. The zero-order valence-corrected chi connectivity index (χ0v) is 10.7. The Morgan fingerprint density at radius 2 is 0.692 bits per heavy atom. The third-order valence-corrected chi connectivity index (χ3v) is 2.07. The highest BCUT2D eigenvalue weighted by molar-refractivity contribution is 14.0. The van der Waals surface area contributed by atoms with E-state index >= 15 is 0 Å². The highest BCUT2D eigenvalue weighted by Crippen LogP contribution is 2.07. The van der Waals surface area contributed by atoms with E-state index in [0.29, 0.717) is 13.2 Å². The van der Waals surface area contributed by atoms with Crippen LogP contribution in [0.1, 0.15) is 51.4 Å². The molecule has 0 aromatic carbocycles. The van der Waals surface area contributed by atoms with Crippen LogP contribution < -0.4 is 0 Å². The monoisotopic (exact) mass is 302 g/mol. The summed E-state index contributed by atoms with van der Waals surface area (Å²) >= 11 is 0. The van der Waals surface area contributed by atoms with E-state index in [1.807, 2.05) is 0 Å². The van der Waals surface area contributed by atoms with Crippen molar-refractivity contribution in [2.24, 2.45) is 0 Å². The van der Waals surface area contributed by atoms with Crippen LogP contribution in [0.4, 0.5) is 0 Å². The summed E-state index contributed by atoms with van der Waals surface area (Å²) in [6, 6.07) is 0. The van der Waals surface area contributed by atoms with Gasteiger partial charge in [-0.25, -0.2) is 0 Å². The first-order valence-electron chi connectivity index (χ1n) is 5.13. The van der Waals surface area contributed by atoms with Crippen LogP contribution in [-0.2, 0) is 0 Å². The molecule has 13 heavy (non-hydrogen) atoms. The molecular weight excluding hydrogens is 279 g/mol. The van der Waals surface area contributed by atoms with E-state index in [2.05, 4.69) is 0 Å². The minimum atomic E-state index is 0. The largest absolute Gasteiger partial charge is 0.396 e. The minimum absolute atomic E-state index is 0. The molecule has 0 aliphatic carbocycles. The first-order valence-corrected chi connectivity index (χ1v) is 5.13. The van der Waals surface area contributed by atoms with Crippen LogP contribution in [0, 0.1) is 0 Å². The Morgan fingerprint density at radius 1 is 0.462 bits per heavy atom. The lowest BCUT2D eigenvalue weighted by atomic mass is 10.1. The number of hydrogen-bond donors (Lipinski definition) is 2. The third-order valence-electron chi connectivity index (χ3n) is 2.07. The molecule has 0 aliphatic heterocycles. The van der Waals surface area contributed by atoms with Gasteiger partial charge in [-0.2, -0.15) is 0 Å². The number of rotatable bonds is 9. The molecule has 0 atom stereocenters. The lowest BCUT2D eigenvalue weighted by molar-refractivity contribution is 0.279. The summed E-state index contributed by atoms with van der Waals surface area (Å²) < 4.78 is 0. The van der Waals surface area contributed by atoms with Crippen molar-refractivity contribution in [1.29, 1.82) is 0 Å². The molecule has 0 rings (SSSR count). The molecule has 0 unspecified atom stereocenters. The predicted molar refractivity (Wildman–Crippen MR) is 66.5 cm³/mol. The number of aliphatic hydroxyl groups is 2. The van der Waals surface area contributed by atoms with Gasteiger partial charge < -0.3 is 10.2 Å². The van der Waals surface area contributed by atoms with Gasteiger partial charge in [0.25, 0.3) is 0 Å². The Hall–Kier alpha value is 0.650. The first kappa shape index (κ1) is 16.1. The maximum absolute atomic E-state index is 8.51. The Labute approximate surface area is 98.8 Å². The van der Waals surface area contributed by atoms with Crippen LogP contribution in [0.5, 0.6) is 0 Å². The molecule has 0 fully saturated rings. The fraction of sp³-hybridized carbons (Fsp3) is 1.00. The molecule has 0 saturated heterocycles. The van der Waals surface area contributed by atoms with Crippen LogP contribution in [0.3, 0.4) is 0 Å². The summed E-state index contributed by atoms with van der Waals surface area (Å²) in [7, 11) is 0. The second-order valence-electron chi connectivity index (χ2n) is 3.28. The van der Waals surface area contributed by atoms with Gasteiger partial charge in [-0.05, 0) is 12.8 Å². The minimum Gasteiger partial charge on any atom is -0.396 e. The van der Waals surface area contributed by atoms with E-state index in [1.165, 1.54) is 25.7 Å². The molecule has 0 bridgehead atoms. The second-order valence-corrected chi connectivity index (χ2v) is 3.28. The zero-order chi connectivity index (χ0) is 9.07. The summed E-state index contributed by atoms with van der Waals surface area (Å²) in [5.41, 5.74) is 0. The SMILES string of the molecule is I.OCCCCCCCCCCO. The summed E-state index contributed by atoms with van der Waals surface area (Å²) in [4.78, 5) is 0. The summed E-state index contributed by atoms with van der Waals surface area (Å²) in [6.45, 7) is 0.676. The van der Waals surface area contributed by atoms with Crippen LogP contribution in [0.25, 0.3) is 0 Å². The van der Waals surface area contributed by atoms with E-state index in [9.17, 15) is 0 Å². The zero-order valence-electron chi connectivity index (χ0n) is 8.37. The molecule has 0 saturated carbocycles. The first-order chi connectivity index (χ1) is 5.91. The number of hydrogen-bond acceptors (Lipinski definition) is 2. The molecule has 82 valence electrons. The molecule has 0 radical (unpaired) electrons. The smallest absolute Gasteiger partial charge is 0.0431 e. The molecule has 0 aliphatic rings. The van der Waals surface area contributed by atoms with Crippen LogP contribution in [-0.4, -0.2) is 23.4 Å². The van der Waals surface area contributed by atoms with E-state index in [4.69, 9.17) is 10.2 Å². The van der Waals surface area contributed by atoms with Gasteiger partial charge in [0, 0.05) is 13.2 Å². The molecule has 0 heterocycles. The summed E-state index contributed by atoms with van der Waals surface area (Å²) in [6.07, 6.45) is 9.30. The topological polar surface area (TPSA) is 40.5 Å². The van der Waals surface area contributed by atoms with Crippen LogP contribution in [0.15, 0.2) is 0 Å². The summed E-state index contributed by atoms with van der Waals surface area (Å²) in [5, 5.41) is 17.0. The van der Waals surface area contributed by atoms with Gasteiger partial charge in [0.15, 0.2) is 0 Å². The fourth-order valence-corrected chi connectivity index (χ4v) is 1.28. The maximum Gasteiger partial charge on any atom is 0.0431 e. The molecule has 0 amide bonds. The Morgan fingerprint density at radius 3 is 0.923 bits per heavy atom. The molecule has 0 spiro atoms. The molecular formula is C10H23IO2. The van der Waals surface area contributed by atoms with Crippen LogP contribution >= 0.6 is 24.0 Å². The predicted octanol–water partition coefficient (Wildman–Crippen LogP) is 2.71. The summed E-state index contributed by atoms with van der Waals surface area (Å²) in [5.74, 6) is 0. The number of halogens is 1. The van der Waals surface area contributed by atoms with E-state index in [-0.39, 0.29) is 24.0 Å². The van der Waals surface area contributed by atoms with Crippen molar-refractivity contribution in [2.45, 2.75) is 51.4 Å². The lowest BCUT2D eigenvalue weighted by Gasteiger charge is -1.99. The Kier molecular flexibility index (Phi) is 18.7. The fourth-order valence-electron chi connectivity index (χ4n) is 1.28. The molecule has 2 nitrogen and oxygen atoms in total.